The maximum absolute atomic E-state index is 6.62. The molecular formula is C17H21ClN6. The Morgan fingerprint density at radius 2 is 2.17 bits per heavy atom. The first-order valence-electron chi connectivity index (χ1n) is 8.37. The molecule has 2 atom stereocenters. The van der Waals surface area contributed by atoms with Crippen LogP contribution in [0.15, 0.2) is 17.4 Å². The van der Waals surface area contributed by atoms with Crippen molar-refractivity contribution in [2.24, 2.45) is 17.8 Å². The topological polar surface area (TPSA) is 81.1 Å². The van der Waals surface area contributed by atoms with Gasteiger partial charge in [-0.3, -0.25) is 9.67 Å². The van der Waals surface area contributed by atoms with Crippen molar-refractivity contribution >= 4 is 23.6 Å². The number of nitrogens with zero attached hydrogens (tertiary/aromatic N) is 4. The molecule has 2 aromatic heterocycles. The van der Waals surface area contributed by atoms with E-state index in [4.69, 9.17) is 22.3 Å². The molecule has 6 nitrogen and oxygen atoms in total. The summed E-state index contributed by atoms with van der Waals surface area (Å²) in [6.45, 7) is 0.593. The van der Waals surface area contributed by atoms with Crippen LogP contribution in [-0.2, 0) is 13.6 Å². The zero-order valence-corrected chi connectivity index (χ0v) is 14.4. The number of hydrogen-bond donors (Lipinski definition) is 2. The third-order valence-corrected chi connectivity index (χ3v) is 5.27. The van der Waals surface area contributed by atoms with Gasteiger partial charge < -0.3 is 11.1 Å². The number of fused-ring (bicyclic) bond motifs is 1. The number of aryl methyl sites for hydroxylation is 1. The van der Waals surface area contributed by atoms with Crippen LogP contribution in [0.4, 0.5) is 5.82 Å². The number of aliphatic imine (C=N–C) groups is 1. The summed E-state index contributed by atoms with van der Waals surface area (Å²) in [5.41, 5.74) is 10.1. The van der Waals surface area contributed by atoms with Crippen LogP contribution in [0, 0.1) is 0 Å². The average molecular weight is 345 g/mol. The quantitative estimate of drug-likeness (QED) is 0.897. The number of anilines is 1. The summed E-state index contributed by atoms with van der Waals surface area (Å²) in [6.07, 6.45) is 10.1. The summed E-state index contributed by atoms with van der Waals surface area (Å²) in [6, 6.07) is 0.355. The van der Waals surface area contributed by atoms with E-state index in [9.17, 15) is 0 Å². The maximum Gasteiger partial charge on any atom is 0.146 e. The Kier molecular flexibility index (Phi) is 4.02. The fraction of sp³-hybridized carbons (Fsp3) is 0.471. The molecular weight excluding hydrogens is 324 g/mol. The molecule has 1 fully saturated rings. The lowest BCUT2D eigenvalue weighted by atomic mass is 9.91. The number of nitrogens with one attached hydrogen (secondary N) is 1. The van der Waals surface area contributed by atoms with Gasteiger partial charge in [-0.25, -0.2) is 4.98 Å². The minimum atomic E-state index is 0.142. The van der Waals surface area contributed by atoms with E-state index < -0.39 is 0 Å². The highest BCUT2D eigenvalue weighted by Gasteiger charge is 2.26. The summed E-state index contributed by atoms with van der Waals surface area (Å²) in [5.74, 6) is 0.710. The van der Waals surface area contributed by atoms with Crippen LogP contribution < -0.4 is 11.1 Å². The van der Waals surface area contributed by atoms with Crippen LogP contribution in [-0.4, -0.2) is 33.1 Å². The van der Waals surface area contributed by atoms with Crippen LogP contribution in [0.2, 0.25) is 5.02 Å². The highest BCUT2D eigenvalue weighted by atomic mass is 35.5. The van der Waals surface area contributed by atoms with Crippen LogP contribution in [0.3, 0.4) is 0 Å². The van der Waals surface area contributed by atoms with Gasteiger partial charge in [0, 0.05) is 48.2 Å². The van der Waals surface area contributed by atoms with Crippen LogP contribution in [0.1, 0.15) is 36.8 Å². The van der Waals surface area contributed by atoms with Crippen LogP contribution in [0.5, 0.6) is 0 Å². The molecule has 0 amide bonds. The Bertz CT molecular complexity index is 797. The highest BCUT2D eigenvalue weighted by molar-refractivity contribution is 6.34. The Balaban J connectivity index is 1.75. The number of halogens is 1. The lowest BCUT2D eigenvalue weighted by Crippen LogP contribution is -2.42. The van der Waals surface area contributed by atoms with Gasteiger partial charge in [0.25, 0.3) is 0 Å². The third-order valence-electron chi connectivity index (χ3n) is 4.87. The molecule has 3 N–H and O–H groups in total. The van der Waals surface area contributed by atoms with Gasteiger partial charge >= 0.3 is 0 Å². The molecule has 0 spiro atoms. The van der Waals surface area contributed by atoms with E-state index in [-0.39, 0.29) is 12.1 Å². The Hall–Kier alpha value is -1.92. The monoisotopic (exact) mass is 344 g/mol. The van der Waals surface area contributed by atoms with Gasteiger partial charge in [0.05, 0.1) is 23.5 Å². The molecule has 1 saturated carbocycles. The Morgan fingerprint density at radius 3 is 2.92 bits per heavy atom. The molecule has 0 unspecified atom stereocenters. The van der Waals surface area contributed by atoms with Crippen molar-refractivity contribution in [3.05, 3.63) is 28.5 Å². The molecule has 1 aliphatic heterocycles. The fourth-order valence-corrected chi connectivity index (χ4v) is 3.78. The first-order valence-corrected chi connectivity index (χ1v) is 8.74. The van der Waals surface area contributed by atoms with Gasteiger partial charge in [0.15, 0.2) is 0 Å². The van der Waals surface area contributed by atoms with Gasteiger partial charge in [-0.05, 0) is 12.8 Å². The van der Waals surface area contributed by atoms with Crippen LogP contribution in [0.25, 0.3) is 11.3 Å². The van der Waals surface area contributed by atoms with Gasteiger partial charge in [-0.1, -0.05) is 24.4 Å². The zero-order chi connectivity index (χ0) is 16.7. The first-order chi connectivity index (χ1) is 11.6. The zero-order valence-electron chi connectivity index (χ0n) is 13.7. The molecule has 1 aliphatic carbocycles. The van der Waals surface area contributed by atoms with E-state index >= 15 is 0 Å². The van der Waals surface area contributed by atoms with Crippen molar-refractivity contribution in [1.82, 2.24) is 14.8 Å². The second-order valence-electron chi connectivity index (χ2n) is 6.59. The SMILES string of the molecule is Cn1cc(-c2nc(N[C@@H]3CCCC[C@@H]3N)c(Cl)c3c2C=NC3)cn1. The molecule has 0 radical (unpaired) electrons. The van der Waals surface area contributed by atoms with E-state index in [1.807, 2.05) is 25.7 Å². The van der Waals surface area contributed by atoms with Gasteiger partial charge in [-0.2, -0.15) is 5.10 Å². The van der Waals surface area contributed by atoms with E-state index in [0.717, 1.165) is 35.2 Å². The summed E-state index contributed by atoms with van der Waals surface area (Å²) in [5, 5.41) is 8.41. The second-order valence-corrected chi connectivity index (χ2v) is 6.96. The average Bonchev–Trinajstić information content (AvgIpc) is 3.21. The van der Waals surface area contributed by atoms with Crippen molar-refractivity contribution in [1.29, 1.82) is 0 Å². The normalized spacial score (nSPS) is 22.6. The third kappa shape index (κ3) is 2.70. The lowest BCUT2D eigenvalue weighted by Gasteiger charge is -2.30. The van der Waals surface area contributed by atoms with E-state index in [1.54, 1.807) is 4.68 Å². The Labute approximate surface area is 146 Å². The van der Waals surface area contributed by atoms with Gasteiger partial charge in [0.1, 0.15) is 5.82 Å². The minimum Gasteiger partial charge on any atom is -0.365 e. The minimum absolute atomic E-state index is 0.142. The summed E-state index contributed by atoms with van der Waals surface area (Å²) >= 11 is 6.62. The molecule has 3 heterocycles. The standard InChI is InChI=1S/C17H21ClN6/c1-24-9-10(6-21-24)16-12-8-20-7-11(12)15(18)17(23-16)22-14-5-3-2-4-13(14)19/h6,8-9,13-14H,2-5,7,19H2,1H3,(H,22,23)/t13-,14+/m0/s1. The second kappa shape index (κ2) is 6.18. The van der Waals surface area contributed by atoms with Gasteiger partial charge in [-0.15, -0.1) is 0 Å². The largest absolute Gasteiger partial charge is 0.365 e. The summed E-state index contributed by atoms with van der Waals surface area (Å²) in [4.78, 5) is 9.19. The molecule has 2 aromatic rings. The first kappa shape index (κ1) is 15.6. The summed E-state index contributed by atoms with van der Waals surface area (Å²) < 4.78 is 1.77. The van der Waals surface area contributed by atoms with Crippen molar-refractivity contribution in [2.45, 2.75) is 44.3 Å². The predicted molar refractivity (Wildman–Crippen MR) is 96.6 cm³/mol. The molecule has 2 aliphatic rings. The smallest absolute Gasteiger partial charge is 0.146 e. The van der Waals surface area contributed by atoms with E-state index in [2.05, 4.69) is 15.4 Å². The number of pyridine rings is 1. The highest BCUT2D eigenvalue weighted by Crippen LogP contribution is 2.36. The van der Waals surface area contributed by atoms with Crippen molar-refractivity contribution in [3.8, 4) is 11.3 Å². The predicted octanol–water partition coefficient (Wildman–Crippen LogP) is 2.75. The molecule has 0 aromatic carbocycles. The lowest BCUT2D eigenvalue weighted by molar-refractivity contribution is 0.403. The van der Waals surface area contributed by atoms with Gasteiger partial charge in [0.2, 0.25) is 0 Å². The van der Waals surface area contributed by atoms with Crippen LogP contribution >= 0.6 is 11.6 Å². The molecule has 7 heteroatoms. The molecule has 0 saturated heterocycles. The molecule has 24 heavy (non-hydrogen) atoms. The Morgan fingerprint density at radius 1 is 1.33 bits per heavy atom. The van der Waals surface area contributed by atoms with E-state index in [1.165, 1.54) is 12.8 Å². The van der Waals surface area contributed by atoms with Crippen molar-refractivity contribution in [3.63, 3.8) is 0 Å². The maximum atomic E-state index is 6.62. The number of nitrogens with two attached hydrogens (primary N) is 1. The molecule has 126 valence electrons. The fourth-order valence-electron chi connectivity index (χ4n) is 3.52. The molecule has 0 bridgehead atoms. The number of rotatable bonds is 3. The summed E-state index contributed by atoms with van der Waals surface area (Å²) in [7, 11) is 1.90. The van der Waals surface area contributed by atoms with Crippen molar-refractivity contribution in [2.75, 3.05) is 5.32 Å². The number of aromatic nitrogens is 3. The number of hydrogen-bond acceptors (Lipinski definition) is 5. The van der Waals surface area contributed by atoms with E-state index in [0.29, 0.717) is 17.4 Å². The molecule has 4 rings (SSSR count). The van der Waals surface area contributed by atoms with Crippen molar-refractivity contribution < 1.29 is 0 Å².